The van der Waals surface area contributed by atoms with Crippen LogP contribution in [-0.2, 0) is 82.2 Å². The lowest BCUT2D eigenvalue weighted by atomic mass is 9.89. The Morgan fingerprint density at radius 2 is 0.893 bits per heavy atom. The van der Waals surface area contributed by atoms with Crippen LogP contribution in [0.2, 0.25) is 0 Å². The number of fused-ring (bicyclic) bond motifs is 6. The summed E-state index contributed by atoms with van der Waals surface area (Å²) in [5.41, 5.74) is 21.7. The largest absolute Gasteiger partial charge is 0.756 e. The van der Waals surface area contributed by atoms with Crippen molar-refractivity contribution in [1.29, 1.82) is 0 Å². The van der Waals surface area contributed by atoms with Crippen molar-refractivity contribution in [3.8, 4) is 44.9 Å². The molecule has 6 unspecified atom stereocenters. The fourth-order valence-electron chi connectivity index (χ4n) is 16.7. The minimum atomic E-state index is -5.98. The van der Waals surface area contributed by atoms with Crippen LogP contribution in [0.25, 0.3) is 89.2 Å². The lowest BCUT2D eigenvalue weighted by molar-refractivity contribution is -0.496. The third-order valence-corrected chi connectivity index (χ3v) is 30.8. The Morgan fingerprint density at radius 3 is 1.31 bits per heavy atom. The number of nitrogens with two attached hydrogens (primary N) is 2. The first-order valence-electron chi connectivity index (χ1n) is 46.2. The van der Waals surface area contributed by atoms with Crippen LogP contribution in [0.5, 0.6) is 0 Å². The third kappa shape index (κ3) is 28.3. The predicted molar refractivity (Wildman–Crippen MR) is 528 cm³/mol. The van der Waals surface area contributed by atoms with Gasteiger partial charge in [-0.25, -0.2) is 56.4 Å². The standard InChI is InChI=1S/2C44H55N10O18P3/c1-6-46-29-19-31-27(17-23(29)3)35(28-18-24(4)30(47-7-2)20-32(28)68-31)25-11-8-9-12-26(25)41(58)53(5)16-10-13-34(55)48-14-15-49-44(59)70-38-33(21-67-74(63,64)72-75(65,66)71-73(60,61)62)69-42(37(38)56)54-22-50-36-39(54)51-43(45)52-40(36)57;1-6-46-29-19-31-27(17-23(29)3)35(28-18-24(4)30(47-7-2)20-32(28)68-31)25-11-8-9-12-26(25)41(58)53(5)16-10-13-34(55)48-14-15-49-44(59)70-38-37(56)33(21-67-74(63,64)72-75(65,66)71-73(60,61)62)69-42(38)54-22-50-36-39(54)51-43(45)52-40(36)57/h2*8-9,11-12,17-20,22,33,37-38,42,46,56H,6-7,10,13-16,21H2,1-5H3,(H,48,55)(H,49,59)(H,63,64)(H,65,66)(H2,60,61,62)(H3,45,51,52,57)/t2*33-,37-,38-,42-/m11/s1. The molecular weight excluding hydrogens is 2100 g/mol. The molecule has 6 aliphatic rings. The Hall–Kier alpha value is -12.8. The van der Waals surface area contributed by atoms with Crippen LogP contribution in [0.15, 0.2) is 128 Å². The zero-order valence-corrected chi connectivity index (χ0v) is 87.1. The van der Waals surface area contributed by atoms with Crippen molar-refractivity contribution in [2.24, 2.45) is 0 Å². The number of ether oxygens (including phenoxy) is 4. The van der Waals surface area contributed by atoms with E-state index < -0.39 is 144 Å². The van der Waals surface area contributed by atoms with E-state index in [0.29, 0.717) is 71.1 Å². The molecule has 14 rings (SSSR count). The number of anilines is 4. The van der Waals surface area contributed by atoms with E-state index >= 15 is 0 Å². The Bertz CT molecular complexity index is 7640. The van der Waals surface area contributed by atoms with Gasteiger partial charge in [-0.3, -0.25) is 66.0 Å². The molecular formula is C88H110N20O36P6. The van der Waals surface area contributed by atoms with E-state index in [4.69, 9.17) is 49.0 Å². The summed E-state index contributed by atoms with van der Waals surface area (Å²) in [6.45, 7) is 16.4. The monoisotopic (exact) mass is 2210 g/mol. The average molecular weight is 2210 g/mol. The molecule has 2 aliphatic carbocycles. The van der Waals surface area contributed by atoms with Gasteiger partial charge in [0, 0.05) is 158 Å². The van der Waals surface area contributed by atoms with Crippen LogP contribution < -0.4 is 85.0 Å². The van der Waals surface area contributed by atoms with Crippen LogP contribution in [-0.4, -0.2) is 254 Å². The number of alkyl carbamates (subject to hydrolysis) is 2. The molecule has 808 valence electrons. The molecule has 56 nitrogen and oxygen atoms in total. The molecule has 6 amide bonds. The molecule has 22 N–H and O–H groups in total. The van der Waals surface area contributed by atoms with Crippen LogP contribution >= 0.6 is 46.9 Å². The summed E-state index contributed by atoms with van der Waals surface area (Å²) >= 11 is 0. The Labute approximate surface area is 850 Å². The van der Waals surface area contributed by atoms with Crippen molar-refractivity contribution in [1.82, 2.24) is 70.1 Å². The van der Waals surface area contributed by atoms with Gasteiger partial charge in [0.1, 0.15) is 60.2 Å². The quantitative estimate of drug-likeness (QED) is 0.0148. The fourth-order valence-corrected chi connectivity index (χ4v) is 22.7. The van der Waals surface area contributed by atoms with Crippen molar-refractivity contribution in [2.75, 3.05) is 115 Å². The van der Waals surface area contributed by atoms with E-state index in [1.165, 1.54) is 9.80 Å². The Kier molecular flexibility index (Phi) is 36.8. The number of aliphatic hydroxyl groups is 2. The summed E-state index contributed by atoms with van der Waals surface area (Å²) in [7, 11) is -32.0. The molecule has 4 aromatic heterocycles. The molecule has 14 atom stereocenters. The molecule has 8 heterocycles. The number of aromatic nitrogens is 8. The average Bonchev–Trinajstić information content (AvgIpc) is 0.985. The number of carbonyl (C=O) groups excluding carboxylic acids is 6. The van der Waals surface area contributed by atoms with Gasteiger partial charge >= 0.3 is 43.5 Å². The van der Waals surface area contributed by atoms with Gasteiger partial charge in [-0.2, -0.15) is 18.6 Å². The van der Waals surface area contributed by atoms with Crippen LogP contribution in [0.1, 0.15) is 109 Å². The third-order valence-electron chi connectivity index (χ3n) is 23.3. The Balaban J connectivity index is 0.000000250. The number of aliphatic hydroxyl groups excluding tert-OH is 2. The minimum absolute atomic E-state index is 0.00351. The number of nitrogens with one attached hydrogen (secondary N) is 10. The first-order valence-corrected chi connectivity index (χ1v) is 55.2. The fraction of sp³-hybridized carbons (Fsp3) is 0.386. The number of aryl methyl sites for hydroxylation is 4. The van der Waals surface area contributed by atoms with Gasteiger partial charge in [-0.15, -0.1) is 0 Å². The highest BCUT2D eigenvalue weighted by Crippen LogP contribution is 2.67. The zero-order chi connectivity index (χ0) is 109. The normalized spacial score (nSPS) is 19.4. The molecule has 4 aromatic carbocycles. The summed E-state index contributed by atoms with van der Waals surface area (Å²) in [6, 6.07) is 30.8. The van der Waals surface area contributed by atoms with E-state index in [-0.39, 0.29) is 111 Å². The van der Waals surface area contributed by atoms with Crippen molar-refractivity contribution in [3.63, 3.8) is 0 Å². The van der Waals surface area contributed by atoms with E-state index in [9.17, 15) is 105 Å². The maximum absolute atomic E-state index is 14.3. The molecule has 0 saturated carbocycles. The second kappa shape index (κ2) is 48.3. The van der Waals surface area contributed by atoms with Crippen molar-refractivity contribution in [3.05, 3.63) is 175 Å². The molecule has 0 radical (unpaired) electrons. The van der Waals surface area contributed by atoms with Gasteiger partial charge in [-0.1, -0.05) is 36.4 Å². The summed E-state index contributed by atoms with van der Waals surface area (Å²) in [5.74, 6) is -0.791. The molecule has 62 heteroatoms. The molecule has 2 fully saturated rings. The molecule has 4 aliphatic heterocycles. The maximum atomic E-state index is 14.3. The number of nitrogens with zero attached hydrogens (tertiary/aromatic N) is 8. The van der Waals surface area contributed by atoms with Crippen molar-refractivity contribution >= 4 is 150 Å². The number of amides is 6. The predicted octanol–water partition coefficient (Wildman–Crippen LogP) is 2.01. The van der Waals surface area contributed by atoms with Crippen LogP contribution in [0, 0.1) is 27.7 Å². The number of benzene rings is 6. The lowest BCUT2D eigenvalue weighted by Crippen LogP contribution is -2.76. The minimum Gasteiger partial charge on any atom is -0.756 e. The number of imidazole rings is 2. The number of nitrogen functional groups attached to an aromatic ring is 2. The molecule has 8 aromatic rings. The summed E-state index contributed by atoms with van der Waals surface area (Å²) < 4.78 is 132. The van der Waals surface area contributed by atoms with E-state index in [2.05, 4.69) is 122 Å². The van der Waals surface area contributed by atoms with Crippen LogP contribution in [0.3, 0.4) is 0 Å². The number of H-pyrrole nitrogens is 2. The van der Waals surface area contributed by atoms with Crippen LogP contribution in [0.4, 0.5) is 32.9 Å². The Morgan fingerprint density at radius 1 is 0.500 bits per heavy atom. The highest BCUT2D eigenvalue weighted by Gasteiger charge is 2.52. The molecule has 0 bridgehead atoms. The first-order chi connectivity index (χ1) is 70.8. The highest BCUT2D eigenvalue weighted by molar-refractivity contribution is 7.67. The van der Waals surface area contributed by atoms with Gasteiger partial charge < -0.3 is 130 Å². The zero-order valence-electron chi connectivity index (χ0n) is 81.7. The van der Waals surface area contributed by atoms with E-state index in [1.54, 1.807) is 38.4 Å². The summed E-state index contributed by atoms with van der Waals surface area (Å²) in [4.78, 5) is 214. The van der Waals surface area contributed by atoms with Gasteiger partial charge in [-0.05, 0) is 127 Å². The van der Waals surface area contributed by atoms with Crippen molar-refractivity contribution in [2.45, 2.75) is 130 Å². The topological polar surface area (TPSA) is 817 Å². The summed E-state index contributed by atoms with van der Waals surface area (Å²) in [5, 5.41) is 42.9. The second-order valence-electron chi connectivity index (χ2n) is 34.2. The second-order valence-corrected chi connectivity index (χ2v) is 42.9. The molecule has 150 heavy (non-hydrogen) atoms. The molecule has 2 saturated heterocycles. The van der Waals surface area contributed by atoms with E-state index in [0.717, 1.165) is 99.2 Å². The lowest BCUT2D eigenvalue weighted by Gasteiger charge is -2.23. The van der Waals surface area contributed by atoms with Crippen molar-refractivity contribution < 1.29 is 170 Å². The number of rotatable bonds is 42. The van der Waals surface area contributed by atoms with Gasteiger partial charge in [0.2, 0.25) is 34.4 Å². The maximum Gasteiger partial charge on any atom is 0.487 e. The van der Waals surface area contributed by atoms with Gasteiger partial charge in [0.15, 0.2) is 47.0 Å². The first kappa shape index (κ1) is 114. The summed E-state index contributed by atoms with van der Waals surface area (Å²) in [6.07, 6.45) is -13.9. The highest BCUT2D eigenvalue weighted by atomic mass is 31.3. The number of hydrogen-bond donors (Lipinski definition) is 20. The number of phosphoric ester groups is 2. The van der Waals surface area contributed by atoms with E-state index in [1.807, 2.05) is 104 Å². The number of carbonyl (C=O) groups is 6. The van der Waals surface area contributed by atoms with Gasteiger partial charge in [0.05, 0.1) is 38.0 Å². The number of phosphoric acid groups is 6. The molecule has 0 spiro atoms. The van der Waals surface area contributed by atoms with Gasteiger partial charge in [0.25, 0.3) is 38.6 Å². The number of hydrogen-bond acceptors (Lipinski definition) is 38. The SMILES string of the molecule is CCNc1cc2oc3cc(=[NH+]CC)c(C)cc-3c(-c3ccccc3C(=O)N(C)CCCC(=O)NCCNC(=O)O[C@@H]3[C@H](O)[C@@H](COP(=O)(O)OP(=O)(O)OP(=O)([O-])O)O[C@H]3n3cnc4c(=O)[nH]c(N)nc43)c2cc1C.CCNc1cc2oc3cc(=[NH+]CC)c(C)cc-3c(-c3ccccc3C(=O)N(C)CCCC(=O)NCCNC(=O)O[C@H]3[C@@H](O)[C@H](n4cnc5c(=O)[nH]c(N)nc54)O[C@@H]3COP(=O)(O)OP(=O)(O)OP(=O)([O-])O)c2cc1C. The smallest absolute Gasteiger partial charge is 0.487 e. The number of aromatic amines is 2.